The van der Waals surface area contributed by atoms with Crippen molar-refractivity contribution in [1.29, 1.82) is 0 Å². The van der Waals surface area contributed by atoms with Crippen LogP contribution in [0.2, 0.25) is 0 Å². The van der Waals surface area contributed by atoms with E-state index < -0.39 is 5.54 Å². The monoisotopic (exact) mass is 306 g/mol. The van der Waals surface area contributed by atoms with Gasteiger partial charge in [-0.1, -0.05) is 6.92 Å². The number of nitrogens with zero attached hydrogens (tertiary/aromatic N) is 3. The molecule has 2 aromatic rings. The predicted molar refractivity (Wildman–Crippen MR) is 84.6 cm³/mol. The van der Waals surface area contributed by atoms with Crippen LogP contribution < -0.4 is 5.32 Å². The van der Waals surface area contributed by atoms with Crippen LogP contribution in [0, 0.1) is 13.8 Å². The Morgan fingerprint density at radius 3 is 2.62 bits per heavy atom. The maximum absolute atomic E-state index is 12.6. The van der Waals surface area contributed by atoms with Gasteiger partial charge in [-0.15, -0.1) is 11.3 Å². The highest BCUT2D eigenvalue weighted by Gasteiger charge is 2.31. The summed E-state index contributed by atoms with van der Waals surface area (Å²) in [4.78, 5) is 17.1. The van der Waals surface area contributed by atoms with Gasteiger partial charge in [0.25, 0.3) is 5.91 Å². The molecule has 1 atom stereocenters. The predicted octanol–water partition coefficient (Wildman–Crippen LogP) is 3.03. The fourth-order valence-electron chi connectivity index (χ4n) is 2.18. The summed E-state index contributed by atoms with van der Waals surface area (Å²) in [5, 5.41) is 10.4. The molecule has 1 unspecified atom stereocenters. The molecule has 0 spiro atoms. The average molecular weight is 306 g/mol. The highest BCUT2D eigenvalue weighted by Crippen LogP contribution is 2.28. The lowest BCUT2D eigenvalue weighted by atomic mass is 9.99. The van der Waals surface area contributed by atoms with Crippen LogP contribution in [0.4, 0.5) is 0 Å². The Labute approximate surface area is 129 Å². The summed E-state index contributed by atoms with van der Waals surface area (Å²) in [5.41, 5.74) is 1.99. The van der Waals surface area contributed by atoms with Gasteiger partial charge in [-0.2, -0.15) is 5.10 Å². The number of carbonyl (C=O) groups is 1. The van der Waals surface area contributed by atoms with E-state index in [2.05, 4.69) is 22.3 Å². The van der Waals surface area contributed by atoms with E-state index in [1.54, 1.807) is 16.0 Å². The molecule has 0 aliphatic carbocycles. The van der Waals surface area contributed by atoms with E-state index >= 15 is 0 Å². The number of aryl methyl sites for hydroxylation is 3. The molecule has 114 valence electrons. The molecule has 5 nitrogen and oxygen atoms in total. The number of carbonyl (C=O) groups excluding carboxylic acids is 1. The van der Waals surface area contributed by atoms with Crippen molar-refractivity contribution in [3.8, 4) is 0 Å². The van der Waals surface area contributed by atoms with Gasteiger partial charge in [0.1, 0.15) is 10.7 Å². The number of thiazole rings is 1. The van der Waals surface area contributed by atoms with Gasteiger partial charge in [-0.25, -0.2) is 4.98 Å². The molecular formula is C15H22N4OS. The van der Waals surface area contributed by atoms with E-state index in [1.807, 2.05) is 39.1 Å². The fourth-order valence-corrected chi connectivity index (χ4v) is 3.17. The van der Waals surface area contributed by atoms with Crippen LogP contribution in [0.5, 0.6) is 0 Å². The number of aromatic nitrogens is 3. The molecule has 0 saturated heterocycles. The fraction of sp³-hybridized carbons (Fsp3) is 0.533. The molecular weight excluding hydrogens is 284 g/mol. The summed E-state index contributed by atoms with van der Waals surface area (Å²) in [6.45, 7) is 10.6. The molecule has 1 amide bonds. The van der Waals surface area contributed by atoms with Gasteiger partial charge in [-0.05, 0) is 40.2 Å². The van der Waals surface area contributed by atoms with Gasteiger partial charge >= 0.3 is 0 Å². The average Bonchev–Trinajstić information content (AvgIpc) is 3.04. The minimum atomic E-state index is -0.452. The van der Waals surface area contributed by atoms with Crippen LogP contribution in [0.25, 0.3) is 0 Å². The third-order valence-corrected chi connectivity index (χ3v) is 4.85. The van der Waals surface area contributed by atoms with Crippen LogP contribution in [0.15, 0.2) is 11.4 Å². The molecule has 21 heavy (non-hydrogen) atoms. The second-order valence-electron chi connectivity index (χ2n) is 5.42. The number of nitrogens with one attached hydrogen (secondary N) is 1. The summed E-state index contributed by atoms with van der Waals surface area (Å²) in [6.07, 6.45) is 0.783. The first-order chi connectivity index (χ1) is 9.89. The minimum absolute atomic E-state index is 0.102. The highest BCUT2D eigenvalue weighted by molar-refractivity contribution is 7.09. The molecule has 0 saturated carbocycles. The Balaban J connectivity index is 2.27. The lowest BCUT2D eigenvalue weighted by Crippen LogP contribution is -2.43. The minimum Gasteiger partial charge on any atom is -0.339 e. The summed E-state index contributed by atoms with van der Waals surface area (Å²) in [6, 6.07) is 1.82. The highest BCUT2D eigenvalue weighted by atomic mass is 32.1. The van der Waals surface area contributed by atoms with Crippen molar-refractivity contribution in [2.45, 2.75) is 53.1 Å². The first kappa shape index (κ1) is 15.7. The van der Waals surface area contributed by atoms with Gasteiger partial charge < -0.3 is 5.32 Å². The van der Waals surface area contributed by atoms with Gasteiger partial charge in [0.2, 0.25) is 0 Å². The van der Waals surface area contributed by atoms with E-state index in [-0.39, 0.29) is 5.91 Å². The van der Waals surface area contributed by atoms with Crippen LogP contribution >= 0.6 is 11.3 Å². The van der Waals surface area contributed by atoms with Crippen molar-refractivity contribution in [2.24, 2.45) is 0 Å². The first-order valence-corrected chi connectivity index (χ1v) is 8.07. The lowest BCUT2D eigenvalue weighted by Gasteiger charge is -2.27. The molecule has 0 radical (unpaired) electrons. The molecule has 0 aliphatic heterocycles. The molecule has 2 rings (SSSR count). The zero-order valence-corrected chi connectivity index (χ0v) is 14.0. The summed E-state index contributed by atoms with van der Waals surface area (Å²) < 4.78 is 1.73. The van der Waals surface area contributed by atoms with E-state index in [0.717, 1.165) is 22.8 Å². The third kappa shape index (κ3) is 3.15. The van der Waals surface area contributed by atoms with Crippen molar-refractivity contribution < 1.29 is 4.79 Å². The first-order valence-electron chi connectivity index (χ1n) is 7.19. The van der Waals surface area contributed by atoms with Crippen molar-refractivity contribution >= 4 is 17.2 Å². The van der Waals surface area contributed by atoms with Crippen LogP contribution in [-0.2, 0) is 12.1 Å². The van der Waals surface area contributed by atoms with Crippen molar-refractivity contribution in [3.05, 3.63) is 33.5 Å². The topological polar surface area (TPSA) is 59.8 Å². The van der Waals surface area contributed by atoms with Crippen molar-refractivity contribution in [2.75, 3.05) is 0 Å². The zero-order valence-electron chi connectivity index (χ0n) is 13.2. The molecule has 0 bridgehead atoms. The Kier molecular flexibility index (Phi) is 4.46. The Morgan fingerprint density at radius 2 is 2.10 bits per heavy atom. The zero-order chi connectivity index (χ0) is 15.6. The lowest BCUT2D eigenvalue weighted by molar-refractivity contribution is 0.0890. The van der Waals surface area contributed by atoms with Gasteiger partial charge in [0.15, 0.2) is 0 Å². The molecule has 2 aromatic heterocycles. The summed E-state index contributed by atoms with van der Waals surface area (Å²) in [5.74, 6) is -0.102. The number of hydrogen-bond acceptors (Lipinski definition) is 4. The molecule has 0 aliphatic rings. The van der Waals surface area contributed by atoms with E-state index in [1.165, 1.54) is 0 Å². The maximum Gasteiger partial charge on any atom is 0.270 e. The largest absolute Gasteiger partial charge is 0.339 e. The van der Waals surface area contributed by atoms with Crippen LogP contribution in [0.1, 0.15) is 54.1 Å². The Morgan fingerprint density at radius 1 is 1.38 bits per heavy atom. The molecule has 6 heteroatoms. The van der Waals surface area contributed by atoms with E-state index in [4.69, 9.17) is 0 Å². The molecule has 0 fully saturated rings. The number of rotatable bonds is 5. The third-order valence-electron chi connectivity index (χ3n) is 3.62. The van der Waals surface area contributed by atoms with Crippen LogP contribution in [-0.4, -0.2) is 20.7 Å². The number of amides is 1. The summed E-state index contributed by atoms with van der Waals surface area (Å²) >= 11 is 1.59. The van der Waals surface area contributed by atoms with Gasteiger partial charge in [0.05, 0.1) is 11.2 Å². The smallest absolute Gasteiger partial charge is 0.270 e. The van der Waals surface area contributed by atoms with Crippen molar-refractivity contribution in [1.82, 2.24) is 20.1 Å². The Bertz CT molecular complexity index is 646. The molecule has 1 N–H and O–H groups in total. The van der Waals surface area contributed by atoms with E-state index in [0.29, 0.717) is 12.2 Å². The standard InChI is InChI=1S/C15H22N4OS/c1-6-15(5,14-16-11(4)9-21-14)17-13(20)12-8-10(3)18-19(12)7-2/h8-9H,6-7H2,1-5H3,(H,17,20). The van der Waals surface area contributed by atoms with Crippen LogP contribution in [0.3, 0.4) is 0 Å². The normalized spacial score (nSPS) is 14.0. The quantitative estimate of drug-likeness (QED) is 0.923. The molecule has 2 heterocycles. The molecule has 0 aromatic carbocycles. The van der Waals surface area contributed by atoms with Gasteiger partial charge in [-0.3, -0.25) is 9.48 Å². The van der Waals surface area contributed by atoms with Gasteiger partial charge in [0, 0.05) is 17.6 Å². The van der Waals surface area contributed by atoms with Crippen molar-refractivity contribution in [3.63, 3.8) is 0 Å². The van der Waals surface area contributed by atoms with E-state index in [9.17, 15) is 4.79 Å². The second-order valence-corrected chi connectivity index (χ2v) is 6.28. The summed E-state index contributed by atoms with van der Waals surface area (Å²) in [7, 11) is 0. The Hall–Kier alpha value is -1.69. The number of hydrogen-bond donors (Lipinski definition) is 1. The second kappa shape index (κ2) is 5.97. The SMILES string of the molecule is CCn1nc(C)cc1C(=O)NC(C)(CC)c1nc(C)cs1. The maximum atomic E-state index is 12.6.